The summed E-state index contributed by atoms with van der Waals surface area (Å²) in [6, 6.07) is 6.77. The fourth-order valence-electron chi connectivity index (χ4n) is 4.51. The van der Waals surface area contributed by atoms with Crippen molar-refractivity contribution in [2.75, 3.05) is 39.3 Å². The van der Waals surface area contributed by atoms with E-state index in [1.807, 2.05) is 13.8 Å². The first-order chi connectivity index (χ1) is 14.0. The minimum absolute atomic E-state index is 0.0573. The van der Waals surface area contributed by atoms with E-state index in [2.05, 4.69) is 4.90 Å². The third kappa shape index (κ3) is 5.19. The Morgan fingerprint density at radius 3 is 2.17 bits per heavy atom. The third-order valence-electron chi connectivity index (χ3n) is 6.31. The van der Waals surface area contributed by atoms with Gasteiger partial charge in [0.15, 0.2) is 0 Å². The van der Waals surface area contributed by atoms with E-state index in [4.69, 9.17) is 0 Å². The number of sulfonamides is 1. The highest BCUT2D eigenvalue weighted by Gasteiger charge is 2.33. The van der Waals surface area contributed by atoms with E-state index in [9.17, 15) is 13.2 Å². The van der Waals surface area contributed by atoms with Gasteiger partial charge in [0.25, 0.3) is 5.91 Å². The quantitative estimate of drug-likeness (QED) is 0.708. The van der Waals surface area contributed by atoms with Crippen LogP contribution in [0.25, 0.3) is 0 Å². The zero-order chi connectivity index (χ0) is 20.9. The van der Waals surface area contributed by atoms with Gasteiger partial charge in [-0.3, -0.25) is 9.69 Å². The topological polar surface area (TPSA) is 60.9 Å². The van der Waals surface area contributed by atoms with Gasteiger partial charge >= 0.3 is 0 Å². The second-order valence-corrected chi connectivity index (χ2v) is 10.0. The van der Waals surface area contributed by atoms with E-state index in [-0.39, 0.29) is 10.8 Å². The lowest BCUT2D eigenvalue weighted by molar-refractivity contribution is 0.0773. The monoisotopic (exact) mass is 421 g/mol. The molecule has 0 spiro atoms. The van der Waals surface area contributed by atoms with Crippen LogP contribution in [0.2, 0.25) is 0 Å². The summed E-state index contributed by atoms with van der Waals surface area (Å²) in [5, 5.41) is 0. The Kier molecular flexibility index (Phi) is 7.71. The Labute approximate surface area is 175 Å². The van der Waals surface area contributed by atoms with Crippen LogP contribution >= 0.6 is 0 Å². The van der Waals surface area contributed by atoms with Gasteiger partial charge in [-0.25, -0.2) is 8.42 Å². The summed E-state index contributed by atoms with van der Waals surface area (Å²) < 4.78 is 28.1. The summed E-state index contributed by atoms with van der Waals surface area (Å²) in [5.41, 5.74) is 0.536. The van der Waals surface area contributed by atoms with Crippen molar-refractivity contribution in [1.82, 2.24) is 14.1 Å². The average molecular weight is 422 g/mol. The van der Waals surface area contributed by atoms with Crippen LogP contribution in [0.3, 0.4) is 0 Å². The van der Waals surface area contributed by atoms with Crippen molar-refractivity contribution in [3.63, 3.8) is 0 Å². The number of amides is 1. The van der Waals surface area contributed by atoms with Crippen LogP contribution in [0.5, 0.6) is 0 Å². The molecule has 1 unspecified atom stereocenters. The Balaban J connectivity index is 1.71. The van der Waals surface area contributed by atoms with E-state index >= 15 is 0 Å². The van der Waals surface area contributed by atoms with Crippen LogP contribution in [-0.4, -0.2) is 73.7 Å². The highest BCUT2D eigenvalue weighted by Crippen LogP contribution is 2.25. The van der Waals surface area contributed by atoms with Crippen LogP contribution < -0.4 is 0 Å². The molecule has 0 aromatic heterocycles. The van der Waals surface area contributed by atoms with E-state index in [1.54, 1.807) is 33.5 Å². The number of likely N-dealkylation sites (tertiary alicyclic amines) is 1. The first-order valence-corrected chi connectivity index (χ1v) is 12.5. The maximum absolute atomic E-state index is 13.2. The smallest absolute Gasteiger partial charge is 0.253 e. The summed E-state index contributed by atoms with van der Waals surface area (Å²) >= 11 is 0. The Bertz CT molecular complexity index is 767. The van der Waals surface area contributed by atoms with E-state index in [0.717, 1.165) is 25.9 Å². The zero-order valence-electron chi connectivity index (χ0n) is 17.8. The molecular weight excluding hydrogens is 386 g/mol. The van der Waals surface area contributed by atoms with Gasteiger partial charge in [-0.2, -0.15) is 4.31 Å². The predicted octanol–water partition coefficient (Wildman–Crippen LogP) is 3.20. The first kappa shape index (κ1) is 22.2. The molecule has 2 fully saturated rings. The fraction of sp³-hybridized carbons (Fsp3) is 0.682. The number of carbonyl (C=O) groups is 1. The van der Waals surface area contributed by atoms with Gasteiger partial charge in [0.05, 0.1) is 4.90 Å². The molecule has 2 aliphatic rings. The highest BCUT2D eigenvalue weighted by atomic mass is 32.2. The lowest BCUT2D eigenvalue weighted by Gasteiger charge is -2.38. The molecule has 29 heavy (non-hydrogen) atoms. The summed E-state index contributed by atoms with van der Waals surface area (Å²) in [7, 11) is -3.53. The molecule has 1 amide bonds. The average Bonchev–Trinajstić information content (AvgIpc) is 3.04. The standard InChI is InChI=1S/C22H35N3O3S/c1-3-23(4-2)22(26)19-11-13-21(14-12-19)29(27,28)25-17-9-10-20(18-25)24-15-7-5-6-8-16-24/h11-14,20H,3-10,15-18H2,1-2H3. The van der Waals surface area contributed by atoms with E-state index < -0.39 is 10.0 Å². The van der Waals surface area contributed by atoms with Gasteiger partial charge < -0.3 is 4.90 Å². The number of piperidine rings is 1. The molecule has 1 atom stereocenters. The van der Waals surface area contributed by atoms with Gasteiger partial charge in [-0.05, 0) is 76.9 Å². The summed E-state index contributed by atoms with van der Waals surface area (Å²) in [6.07, 6.45) is 6.96. The molecule has 0 aliphatic carbocycles. The second-order valence-electron chi connectivity index (χ2n) is 8.11. The molecular formula is C22H35N3O3S. The lowest BCUT2D eigenvalue weighted by atomic mass is 10.1. The third-order valence-corrected chi connectivity index (χ3v) is 8.19. The van der Waals surface area contributed by atoms with Crippen molar-refractivity contribution in [3.8, 4) is 0 Å². The summed E-state index contributed by atoms with van der Waals surface area (Å²) in [5.74, 6) is -0.0573. The number of carbonyl (C=O) groups excluding carboxylic acids is 1. The predicted molar refractivity (Wildman–Crippen MR) is 116 cm³/mol. The Morgan fingerprint density at radius 2 is 1.59 bits per heavy atom. The molecule has 162 valence electrons. The van der Waals surface area contributed by atoms with Crippen LogP contribution in [0.1, 0.15) is 62.7 Å². The van der Waals surface area contributed by atoms with Gasteiger partial charge in [0.2, 0.25) is 10.0 Å². The largest absolute Gasteiger partial charge is 0.339 e. The van der Waals surface area contributed by atoms with Gasteiger partial charge in [-0.15, -0.1) is 0 Å². The molecule has 0 N–H and O–H groups in total. The first-order valence-electron chi connectivity index (χ1n) is 11.1. The zero-order valence-corrected chi connectivity index (χ0v) is 18.7. The van der Waals surface area contributed by atoms with Crippen LogP contribution in [-0.2, 0) is 10.0 Å². The molecule has 6 nitrogen and oxygen atoms in total. The SMILES string of the molecule is CCN(CC)C(=O)c1ccc(S(=O)(=O)N2CCCC(N3CCCCCC3)C2)cc1. The van der Waals surface area contributed by atoms with Crippen molar-refractivity contribution in [1.29, 1.82) is 0 Å². The van der Waals surface area contributed by atoms with Crippen molar-refractivity contribution < 1.29 is 13.2 Å². The number of benzene rings is 1. The van der Waals surface area contributed by atoms with Crippen LogP contribution in [0, 0.1) is 0 Å². The maximum Gasteiger partial charge on any atom is 0.253 e. The molecule has 1 aromatic carbocycles. The number of hydrogen-bond donors (Lipinski definition) is 0. The molecule has 2 heterocycles. The molecule has 3 rings (SSSR count). The molecule has 0 bridgehead atoms. The van der Waals surface area contributed by atoms with Crippen LogP contribution in [0.15, 0.2) is 29.2 Å². The molecule has 7 heteroatoms. The number of hydrogen-bond acceptors (Lipinski definition) is 4. The van der Waals surface area contributed by atoms with Gasteiger partial charge in [0.1, 0.15) is 0 Å². The lowest BCUT2D eigenvalue weighted by Crippen LogP contribution is -2.50. The Morgan fingerprint density at radius 1 is 0.966 bits per heavy atom. The maximum atomic E-state index is 13.2. The van der Waals surface area contributed by atoms with E-state index in [0.29, 0.717) is 37.8 Å². The highest BCUT2D eigenvalue weighted by molar-refractivity contribution is 7.89. The fourth-order valence-corrected chi connectivity index (χ4v) is 6.03. The molecule has 1 aromatic rings. The van der Waals surface area contributed by atoms with E-state index in [1.165, 1.54) is 25.7 Å². The molecule has 0 saturated carbocycles. The minimum Gasteiger partial charge on any atom is -0.339 e. The van der Waals surface area contributed by atoms with Crippen molar-refractivity contribution in [2.24, 2.45) is 0 Å². The van der Waals surface area contributed by atoms with Gasteiger partial charge in [-0.1, -0.05) is 12.8 Å². The Hall–Kier alpha value is -1.44. The molecule has 2 aliphatic heterocycles. The van der Waals surface area contributed by atoms with Crippen LogP contribution in [0.4, 0.5) is 0 Å². The van der Waals surface area contributed by atoms with Crippen molar-refractivity contribution in [2.45, 2.75) is 63.3 Å². The number of nitrogens with zero attached hydrogens (tertiary/aromatic N) is 3. The summed E-state index contributed by atoms with van der Waals surface area (Å²) in [6.45, 7) is 8.48. The number of rotatable bonds is 6. The molecule has 0 radical (unpaired) electrons. The second kappa shape index (κ2) is 10.0. The molecule has 2 saturated heterocycles. The summed E-state index contributed by atoms with van der Waals surface area (Å²) in [4.78, 5) is 17.0. The minimum atomic E-state index is -3.53. The normalized spacial score (nSPS) is 22.2. The van der Waals surface area contributed by atoms with Crippen molar-refractivity contribution >= 4 is 15.9 Å². The van der Waals surface area contributed by atoms with Crippen molar-refractivity contribution in [3.05, 3.63) is 29.8 Å². The van der Waals surface area contributed by atoms with Gasteiger partial charge in [0, 0.05) is 37.8 Å².